The fraction of sp³-hybridized carbons (Fsp3) is 0.172. The largest absolute Gasteiger partial charge is 0.508 e. The van der Waals surface area contributed by atoms with Crippen LogP contribution >= 0.6 is 0 Å². The summed E-state index contributed by atoms with van der Waals surface area (Å²) in [4.78, 5) is 2.01. The van der Waals surface area contributed by atoms with Gasteiger partial charge in [0.15, 0.2) is 5.75 Å². The van der Waals surface area contributed by atoms with Gasteiger partial charge in [-0.2, -0.15) is 0 Å². The highest BCUT2D eigenvalue weighted by molar-refractivity contribution is 5.85. The van der Waals surface area contributed by atoms with Crippen molar-refractivity contribution in [3.8, 4) is 28.7 Å². The van der Waals surface area contributed by atoms with Crippen LogP contribution in [-0.4, -0.2) is 15.3 Å². The first-order valence-electron chi connectivity index (χ1n) is 11.1. The fourth-order valence-corrected chi connectivity index (χ4v) is 4.04. The molecule has 0 fully saturated rings. The van der Waals surface area contributed by atoms with Crippen LogP contribution in [0.15, 0.2) is 66.7 Å². The van der Waals surface area contributed by atoms with Gasteiger partial charge in [0.1, 0.15) is 23.0 Å². The predicted octanol–water partition coefficient (Wildman–Crippen LogP) is 7.61. The SMILES string of the molecule is Cc1cc(O)c(C)c(N(c2ccccc2Oc2ccc(O)c(C)c2)c2cc(C)cc(O)c2C)c1. The van der Waals surface area contributed by atoms with Crippen molar-refractivity contribution in [3.63, 3.8) is 0 Å². The molecule has 5 heteroatoms. The summed E-state index contributed by atoms with van der Waals surface area (Å²) < 4.78 is 6.29. The monoisotopic (exact) mass is 455 g/mol. The Hall–Kier alpha value is -4.12. The van der Waals surface area contributed by atoms with Crippen molar-refractivity contribution in [2.75, 3.05) is 4.90 Å². The van der Waals surface area contributed by atoms with E-state index < -0.39 is 0 Å². The van der Waals surface area contributed by atoms with Gasteiger partial charge in [0.25, 0.3) is 0 Å². The number of nitrogens with zero attached hydrogens (tertiary/aromatic N) is 1. The van der Waals surface area contributed by atoms with E-state index in [1.54, 1.807) is 30.3 Å². The summed E-state index contributed by atoms with van der Waals surface area (Å²) in [7, 11) is 0. The third kappa shape index (κ3) is 4.37. The van der Waals surface area contributed by atoms with Gasteiger partial charge >= 0.3 is 0 Å². The van der Waals surface area contributed by atoms with Crippen LogP contribution < -0.4 is 9.64 Å². The van der Waals surface area contributed by atoms with E-state index in [-0.39, 0.29) is 17.2 Å². The second-order valence-corrected chi connectivity index (χ2v) is 8.71. The van der Waals surface area contributed by atoms with Gasteiger partial charge < -0.3 is 25.0 Å². The van der Waals surface area contributed by atoms with Crippen LogP contribution in [0.2, 0.25) is 0 Å². The Balaban J connectivity index is 1.97. The zero-order valence-corrected chi connectivity index (χ0v) is 20.0. The van der Waals surface area contributed by atoms with Crippen molar-refractivity contribution in [1.29, 1.82) is 0 Å². The summed E-state index contributed by atoms with van der Waals surface area (Å²) in [5.41, 5.74) is 6.25. The summed E-state index contributed by atoms with van der Waals surface area (Å²) in [6.45, 7) is 9.42. The van der Waals surface area contributed by atoms with Crippen molar-refractivity contribution in [2.24, 2.45) is 0 Å². The molecule has 0 radical (unpaired) electrons. The summed E-state index contributed by atoms with van der Waals surface area (Å²) in [5.74, 6) is 1.78. The maximum absolute atomic E-state index is 10.6. The number of hydrogen-bond donors (Lipinski definition) is 3. The van der Waals surface area contributed by atoms with Crippen molar-refractivity contribution in [2.45, 2.75) is 34.6 Å². The van der Waals surface area contributed by atoms with Crippen molar-refractivity contribution < 1.29 is 20.1 Å². The number of phenolic OH excluding ortho intramolecular Hbond substituents is 3. The molecule has 3 N–H and O–H groups in total. The lowest BCUT2D eigenvalue weighted by molar-refractivity contribution is 0.461. The number of hydrogen-bond acceptors (Lipinski definition) is 5. The lowest BCUT2D eigenvalue weighted by Gasteiger charge is -2.31. The molecule has 0 amide bonds. The minimum atomic E-state index is 0.196. The lowest BCUT2D eigenvalue weighted by Crippen LogP contribution is -2.14. The topological polar surface area (TPSA) is 73.2 Å². The Kier molecular flexibility index (Phi) is 6.12. The average Bonchev–Trinajstić information content (AvgIpc) is 2.78. The molecule has 4 aromatic rings. The number of rotatable bonds is 5. The molecule has 174 valence electrons. The first-order chi connectivity index (χ1) is 16.2. The van der Waals surface area contributed by atoms with Gasteiger partial charge in [0.05, 0.1) is 17.1 Å². The quantitative estimate of drug-likeness (QED) is 0.289. The number of aryl methyl sites for hydroxylation is 3. The van der Waals surface area contributed by atoms with Crippen LogP contribution in [0.25, 0.3) is 0 Å². The van der Waals surface area contributed by atoms with Gasteiger partial charge in [-0.3, -0.25) is 0 Å². The maximum Gasteiger partial charge on any atom is 0.151 e. The highest BCUT2D eigenvalue weighted by atomic mass is 16.5. The van der Waals surface area contributed by atoms with Crippen LogP contribution in [0, 0.1) is 34.6 Å². The van der Waals surface area contributed by atoms with Crippen LogP contribution in [-0.2, 0) is 0 Å². The van der Waals surface area contributed by atoms with Gasteiger partial charge in [0, 0.05) is 11.1 Å². The number of phenols is 3. The number of aromatic hydroxyl groups is 3. The van der Waals surface area contributed by atoms with Crippen LogP contribution in [0.5, 0.6) is 28.7 Å². The molecule has 0 atom stereocenters. The van der Waals surface area contributed by atoms with E-state index in [2.05, 4.69) is 0 Å². The molecule has 0 spiro atoms. The second-order valence-electron chi connectivity index (χ2n) is 8.71. The zero-order chi connectivity index (χ0) is 24.6. The third-order valence-electron chi connectivity index (χ3n) is 5.98. The minimum Gasteiger partial charge on any atom is -0.508 e. The standard InChI is InChI=1S/C29H29NO4/c1-17-12-24(20(4)27(32)14-17)30(25-13-18(2)15-28(33)21(25)5)23-8-6-7-9-29(23)34-22-10-11-26(31)19(3)16-22/h6-16,31-33H,1-5H3. The van der Waals surface area contributed by atoms with Gasteiger partial charge in [-0.25, -0.2) is 0 Å². The molecule has 0 aliphatic carbocycles. The Morgan fingerprint density at radius 1 is 0.588 bits per heavy atom. The summed E-state index contributed by atoms with van der Waals surface area (Å²) in [6, 6.07) is 20.2. The van der Waals surface area contributed by atoms with E-state index >= 15 is 0 Å². The van der Waals surface area contributed by atoms with E-state index in [9.17, 15) is 15.3 Å². The minimum absolute atomic E-state index is 0.196. The predicted molar refractivity (Wildman–Crippen MR) is 136 cm³/mol. The van der Waals surface area contributed by atoms with E-state index in [0.29, 0.717) is 28.2 Å². The molecule has 4 aromatic carbocycles. The van der Waals surface area contributed by atoms with Crippen molar-refractivity contribution >= 4 is 17.1 Å². The Labute approximate surface area is 200 Å². The molecule has 0 aliphatic heterocycles. The van der Waals surface area contributed by atoms with Gasteiger partial charge in [-0.05, 0) is 106 Å². The number of ether oxygens (including phenoxy) is 1. The maximum atomic E-state index is 10.6. The average molecular weight is 456 g/mol. The molecular formula is C29H29NO4. The van der Waals surface area contributed by atoms with Crippen molar-refractivity contribution in [3.05, 3.63) is 94.5 Å². The molecule has 5 nitrogen and oxygen atoms in total. The summed E-state index contributed by atoms with van der Waals surface area (Å²) >= 11 is 0. The number of benzene rings is 4. The van der Waals surface area contributed by atoms with E-state index in [4.69, 9.17) is 4.74 Å². The summed E-state index contributed by atoms with van der Waals surface area (Å²) in [6.07, 6.45) is 0. The highest BCUT2D eigenvalue weighted by Gasteiger charge is 2.23. The molecular weight excluding hydrogens is 426 g/mol. The molecule has 0 unspecified atom stereocenters. The van der Waals surface area contributed by atoms with Crippen LogP contribution in [0.1, 0.15) is 27.8 Å². The van der Waals surface area contributed by atoms with Gasteiger partial charge in [-0.15, -0.1) is 0 Å². The smallest absolute Gasteiger partial charge is 0.151 e. The fourth-order valence-electron chi connectivity index (χ4n) is 4.04. The molecule has 0 saturated carbocycles. The Morgan fingerprint density at radius 2 is 1.15 bits per heavy atom. The molecule has 0 bridgehead atoms. The van der Waals surface area contributed by atoms with Gasteiger partial charge in [-0.1, -0.05) is 12.1 Å². The molecule has 0 aromatic heterocycles. The van der Waals surface area contributed by atoms with Crippen molar-refractivity contribution in [1.82, 2.24) is 0 Å². The normalized spacial score (nSPS) is 10.9. The van der Waals surface area contributed by atoms with Gasteiger partial charge in [0.2, 0.25) is 0 Å². The molecule has 0 aliphatic rings. The molecule has 34 heavy (non-hydrogen) atoms. The van der Waals surface area contributed by atoms with E-state index in [1.165, 1.54) is 0 Å². The first kappa shape index (κ1) is 23.1. The molecule has 0 saturated heterocycles. The lowest BCUT2D eigenvalue weighted by atomic mass is 10.0. The van der Waals surface area contributed by atoms with Crippen LogP contribution in [0.4, 0.5) is 17.1 Å². The van der Waals surface area contributed by atoms with E-state index in [1.807, 2.05) is 75.9 Å². The first-order valence-corrected chi connectivity index (χ1v) is 11.1. The highest BCUT2D eigenvalue weighted by Crippen LogP contribution is 2.47. The number of para-hydroxylation sites is 2. The van der Waals surface area contributed by atoms with Crippen LogP contribution in [0.3, 0.4) is 0 Å². The Morgan fingerprint density at radius 3 is 1.71 bits per heavy atom. The third-order valence-corrected chi connectivity index (χ3v) is 5.98. The Bertz CT molecular complexity index is 1320. The molecule has 4 rings (SSSR count). The summed E-state index contributed by atoms with van der Waals surface area (Å²) in [5, 5.41) is 31.2. The van der Waals surface area contributed by atoms with E-state index in [0.717, 1.165) is 28.2 Å². The molecule has 0 heterocycles. The zero-order valence-electron chi connectivity index (χ0n) is 20.0. The number of anilines is 3. The second kappa shape index (κ2) is 9.02.